The van der Waals surface area contributed by atoms with Gasteiger partial charge in [0.15, 0.2) is 0 Å². The third-order valence-corrected chi connectivity index (χ3v) is 15.5. The molecule has 0 fully saturated rings. The highest BCUT2D eigenvalue weighted by molar-refractivity contribution is 6.02. The maximum Gasteiger partial charge on any atom is 0.0726 e. The number of hydrogen-bond donors (Lipinski definition) is 0. The lowest BCUT2D eigenvalue weighted by Gasteiger charge is -2.36. The molecule has 1 spiro atoms. The fourth-order valence-electron chi connectivity index (χ4n) is 12.6. The van der Waals surface area contributed by atoms with Gasteiger partial charge in [-0.1, -0.05) is 202 Å². The van der Waals surface area contributed by atoms with Crippen molar-refractivity contribution in [1.82, 2.24) is 0 Å². The van der Waals surface area contributed by atoms with Gasteiger partial charge in [0, 0.05) is 45.8 Å². The molecule has 0 saturated heterocycles. The van der Waals surface area contributed by atoms with E-state index in [1.54, 1.807) is 0 Å². The molecule has 1 aliphatic heterocycles. The van der Waals surface area contributed by atoms with Gasteiger partial charge in [0.25, 0.3) is 0 Å². The Hall–Kier alpha value is -8.20. The van der Waals surface area contributed by atoms with E-state index in [-0.39, 0.29) is 5.41 Å². The number of hydrogen-bond acceptors (Lipinski definition) is 2. The van der Waals surface area contributed by atoms with Crippen LogP contribution in [0.15, 0.2) is 231 Å². The van der Waals surface area contributed by atoms with Crippen LogP contribution in [0.3, 0.4) is 0 Å². The largest absolute Gasteiger partial charge is 0.336 e. The van der Waals surface area contributed by atoms with Crippen LogP contribution in [0.1, 0.15) is 52.8 Å². The lowest BCUT2D eigenvalue weighted by molar-refractivity contribution is 0.660. The van der Waals surface area contributed by atoms with E-state index in [2.05, 4.69) is 254 Å². The Morgan fingerprint density at radius 1 is 0.343 bits per heavy atom. The van der Waals surface area contributed by atoms with Crippen LogP contribution >= 0.6 is 0 Å². The second-order valence-corrected chi connectivity index (χ2v) is 19.2. The highest BCUT2D eigenvalue weighted by Crippen LogP contribution is 2.65. The van der Waals surface area contributed by atoms with Gasteiger partial charge >= 0.3 is 0 Å². The van der Waals surface area contributed by atoms with Crippen molar-refractivity contribution in [1.29, 1.82) is 0 Å². The molecule has 316 valence electrons. The summed E-state index contributed by atoms with van der Waals surface area (Å²) in [5.74, 6) is 0. The molecule has 0 unspecified atom stereocenters. The zero-order valence-electron chi connectivity index (χ0n) is 37.5. The maximum absolute atomic E-state index is 2.61. The second kappa shape index (κ2) is 14.1. The first-order valence-electron chi connectivity index (χ1n) is 23.6. The van der Waals surface area contributed by atoms with Gasteiger partial charge in [0.1, 0.15) is 0 Å². The minimum absolute atomic E-state index is 0.136. The van der Waals surface area contributed by atoms with Gasteiger partial charge in [-0.15, -0.1) is 0 Å². The van der Waals surface area contributed by atoms with Gasteiger partial charge in [-0.05, 0) is 126 Å². The number of anilines is 5. The first kappa shape index (κ1) is 38.1. The standard InChI is InChI=1S/C65H46N2/c1-64(2)55-25-12-8-21-49(55)52-37-35-46(39-60(52)64)67(45-33-31-43(32-34-45)42-17-4-3-5-18-42)47-36-38-53-48-20-7-6-19-44(48)41-66(62(53)40-47)61-30-16-29-59-63(61)54-24-11-15-28-58(54)65(59)56-26-13-9-22-50(56)51-23-10-14-27-57(51)65/h3-40H,41H2,1-2H3. The third kappa shape index (κ3) is 5.27. The fourth-order valence-corrected chi connectivity index (χ4v) is 12.6. The fraction of sp³-hybridized carbons (Fsp3) is 0.0769. The zero-order chi connectivity index (χ0) is 44.4. The summed E-state index contributed by atoms with van der Waals surface area (Å²) in [5, 5.41) is 0. The van der Waals surface area contributed by atoms with Crippen molar-refractivity contribution in [3.63, 3.8) is 0 Å². The average Bonchev–Trinajstić information content (AvgIpc) is 3.95. The van der Waals surface area contributed by atoms with E-state index in [0.29, 0.717) is 0 Å². The molecule has 2 heteroatoms. The van der Waals surface area contributed by atoms with E-state index in [1.165, 1.54) is 106 Å². The highest BCUT2D eigenvalue weighted by atomic mass is 15.2. The Bertz CT molecular complexity index is 3610. The predicted molar refractivity (Wildman–Crippen MR) is 278 cm³/mol. The van der Waals surface area contributed by atoms with E-state index in [1.807, 2.05) is 0 Å². The van der Waals surface area contributed by atoms with Gasteiger partial charge in [-0.25, -0.2) is 0 Å². The van der Waals surface area contributed by atoms with Crippen molar-refractivity contribution in [3.05, 3.63) is 269 Å². The molecule has 14 rings (SSSR count). The quantitative estimate of drug-likeness (QED) is 0.170. The molecule has 0 bridgehead atoms. The van der Waals surface area contributed by atoms with Crippen LogP contribution < -0.4 is 9.80 Å². The van der Waals surface area contributed by atoms with Crippen molar-refractivity contribution in [3.8, 4) is 55.6 Å². The number of nitrogens with zero attached hydrogens (tertiary/aromatic N) is 2. The molecule has 0 N–H and O–H groups in total. The summed E-state index contributed by atoms with van der Waals surface area (Å²) in [5.41, 5.74) is 27.6. The molecule has 10 aromatic rings. The topological polar surface area (TPSA) is 6.48 Å². The molecular weight excluding hydrogens is 809 g/mol. The molecule has 0 radical (unpaired) electrons. The predicted octanol–water partition coefficient (Wildman–Crippen LogP) is 16.8. The minimum atomic E-state index is -0.419. The van der Waals surface area contributed by atoms with Gasteiger partial charge in [0.2, 0.25) is 0 Å². The van der Waals surface area contributed by atoms with Crippen molar-refractivity contribution >= 4 is 28.4 Å². The van der Waals surface area contributed by atoms with Gasteiger partial charge in [-0.3, -0.25) is 0 Å². The molecule has 0 atom stereocenters. The molecule has 3 aliphatic carbocycles. The van der Waals surface area contributed by atoms with E-state index < -0.39 is 5.41 Å². The van der Waals surface area contributed by atoms with Gasteiger partial charge < -0.3 is 9.80 Å². The van der Waals surface area contributed by atoms with Crippen LogP contribution in [0, 0.1) is 0 Å². The van der Waals surface area contributed by atoms with Crippen molar-refractivity contribution in [2.45, 2.75) is 31.2 Å². The molecule has 4 aliphatic rings. The second-order valence-electron chi connectivity index (χ2n) is 19.2. The Morgan fingerprint density at radius 2 is 0.836 bits per heavy atom. The Balaban J connectivity index is 0.983. The summed E-state index contributed by atoms with van der Waals surface area (Å²) in [6, 6.07) is 86.5. The minimum Gasteiger partial charge on any atom is -0.336 e. The Morgan fingerprint density at radius 3 is 1.54 bits per heavy atom. The maximum atomic E-state index is 2.61. The summed E-state index contributed by atoms with van der Waals surface area (Å²) in [4.78, 5) is 5.08. The molecule has 0 aromatic heterocycles. The molecule has 67 heavy (non-hydrogen) atoms. The van der Waals surface area contributed by atoms with Crippen LogP contribution in [0.2, 0.25) is 0 Å². The van der Waals surface area contributed by atoms with E-state index in [4.69, 9.17) is 0 Å². The molecule has 2 nitrogen and oxygen atoms in total. The lowest BCUT2D eigenvalue weighted by Crippen LogP contribution is -2.26. The van der Waals surface area contributed by atoms with E-state index in [9.17, 15) is 0 Å². The zero-order valence-corrected chi connectivity index (χ0v) is 37.5. The SMILES string of the molecule is CC1(C)c2ccccc2-c2ccc(N(c3ccc(-c4ccccc4)cc3)c3ccc4c(c3)N(c3cccc5c3-c3ccccc3C53c5ccccc5-c5ccccc53)Cc3ccccc3-4)cc21. The number of fused-ring (bicyclic) bond motifs is 16. The number of rotatable bonds is 5. The van der Waals surface area contributed by atoms with Crippen molar-refractivity contribution in [2.24, 2.45) is 0 Å². The normalized spacial score (nSPS) is 14.6. The van der Waals surface area contributed by atoms with Gasteiger partial charge in [0.05, 0.1) is 11.1 Å². The van der Waals surface area contributed by atoms with Gasteiger partial charge in [-0.2, -0.15) is 0 Å². The van der Waals surface area contributed by atoms with E-state index in [0.717, 1.165) is 23.6 Å². The molecule has 0 saturated carbocycles. The first-order valence-corrected chi connectivity index (χ1v) is 23.6. The summed E-state index contributed by atoms with van der Waals surface area (Å²) >= 11 is 0. The Labute approximate surface area is 392 Å². The first-order chi connectivity index (χ1) is 33.0. The van der Waals surface area contributed by atoms with Crippen LogP contribution in [0.4, 0.5) is 28.4 Å². The monoisotopic (exact) mass is 854 g/mol. The molecule has 10 aromatic carbocycles. The lowest BCUT2D eigenvalue weighted by atomic mass is 9.70. The van der Waals surface area contributed by atoms with Crippen molar-refractivity contribution < 1.29 is 0 Å². The van der Waals surface area contributed by atoms with Crippen LogP contribution in [-0.4, -0.2) is 0 Å². The molecular formula is C65H46N2. The number of benzene rings is 10. The summed E-state index contributed by atoms with van der Waals surface area (Å²) < 4.78 is 0. The molecule has 1 heterocycles. The Kier molecular flexibility index (Phi) is 8.05. The van der Waals surface area contributed by atoms with Crippen molar-refractivity contribution in [2.75, 3.05) is 9.80 Å². The average molecular weight is 855 g/mol. The smallest absolute Gasteiger partial charge is 0.0726 e. The van der Waals surface area contributed by atoms with Crippen LogP contribution in [0.25, 0.3) is 55.6 Å². The summed E-state index contributed by atoms with van der Waals surface area (Å²) in [6.45, 7) is 5.50. The van der Waals surface area contributed by atoms with E-state index >= 15 is 0 Å². The summed E-state index contributed by atoms with van der Waals surface area (Å²) in [6.07, 6.45) is 0. The third-order valence-electron chi connectivity index (χ3n) is 15.5. The van der Waals surface area contributed by atoms with Crippen LogP contribution in [-0.2, 0) is 17.4 Å². The van der Waals surface area contributed by atoms with Crippen LogP contribution in [0.5, 0.6) is 0 Å². The molecule has 0 amide bonds. The summed E-state index contributed by atoms with van der Waals surface area (Å²) in [7, 11) is 0. The highest BCUT2D eigenvalue weighted by Gasteiger charge is 2.52.